The van der Waals surface area contributed by atoms with Gasteiger partial charge in [-0.2, -0.15) is 0 Å². The molecule has 1 N–H and O–H groups in total. The molecule has 1 heterocycles. The molecule has 1 aliphatic carbocycles. The summed E-state index contributed by atoms with van der Waals surface area (Å²) in [6.45, 7) is 1.23. The van der Waals surface area contributed by atoms with Gasteiger partial charge in [0.2, 0.25) is 0 Å². The van der Waals surface area contributed by atoms with Crippen LogP contribution in [0, 0.1) is 5.82 Å². The third kappa shape index (κ3) is 4.25. The predicted octanol–water partition coefficient (Wildman–Crippen LogP) is 3.81. The monoisotopic (exact) mass is 350 g/mol. The molecule has 110 valence electrons. The first-order valence-corrected chi connectivity index (χ1v) is 7.75. The molecular formula is C16H16BrFN2O. The topological polar surface area (TPSA) is 34.1 Å². The van der Waals surface area contributed by atoms with Crippen LogP contribution in [0.15, 0.2) is 41.0 Å². The highest BCUT2D eigenvalue weighted by Gasteiger charge is 2.19. The van der Waals surface area contributed by atoms with Crippen molar-refractivity contribution >= 4 is 15.9 Å². The van der Waals surface area contributed by atoms with E-state index in [1.807, 2.05) is 12.3 Å². The molecular weight excluding hydrogens is 335 g/mol. The number of halogens is 2. The fourth-order valence-corrected chi connectivity index (χ4v) is 2.28. The molecule has 0 spiro atoms. The van der Waals surface area contributed by atoms with E-state index in [0.29, 0.717) is 22.9 Å². The van der Waals surface area contributed by atoms with Gasteiger partial charge in [-0.25, -0.2) is 4.39 Å². The van der Waals surface area contributed by atoms with Gasteiger partial charge in [0, 0.05) is 18.8 Å². The standard InChI is InChI=1S/C16H16BrFN2O/c17-15-7-14(5-6-16(15)18)21-10-13-2-1-11(9-20-13)8-19-12-3-4-12/h1-2,5-7,9,12,19H,3-4,8,10H2. The Hall–Kier alpha value is -1.46. The summed E-state index contributed by atoms with van der Waals surface area (Å²) < 4.78 is 19.1. The number of benzene rings is 1. The highest BCUT2D eigenvalue weighted by atomic mass is 79.9. The fourth-order valence-electron chi connectivity index (χ4n) is 1.92. The van der Waals surface area contributed by atoms with Gasteiger partial charge in [-0.1, -0.05) is 6.07 Å². The Bertz CT molecular complexity index is 614. The summed E-state index contributed by atoms with van der Waals surface area (Å²) in [5.74, 6) is 0.317. The van der Waals surface area contributed by atoms with Crippen LogP contribution in [0.2, 0.25) is 0 Å². The minimum atomic E-state index is -0.298. The van der Waals surface area contributed by atoms with Crippen molar-refractivity contribution in [3.8, 4) is 5.75 Å². The smallest absolute Gasteiger partial charge is 0.137 e. The summed E-state index contributed by atoms with van der Waals surface area (Å²) in [5, 5.41) is 3.45. The second-order valence-corrected chi connectivity index (χ2v) is 6.03. The van der Waals surface area contributed by atoms with Crippen molar-refractivity contribution in [3.05, 3.63) is 58.1 Å². The molecule has 21 heavy (non-hydrogen) atoms. The Kier molecular flexibility index (Phi) is 4.51. The molecule has 1 fully saturated rings. The van der Waals surface area contributed by atoms with E-state index in [9.17, 15) is 4.39 Å². The molecule has 3 nitrogen and oxygen atoms in total. The first-order valence-electron chi connectivity index (χ1n) is 6.96. The van der Waals surface area contributed by atoms with Gasteiger partial charge in [0.25, 0.3) is 0 Å². The van der Waals surface area contributed by atoms with Crippen molar-refractivity contribution in [3.63, 3.8) is 0 Å². The molecule has 1 saturated carbocycles. The van der Waals surface area contributed by atoms with E-state index in [1.165, 1.54) is 24.5 Å². The van der Waals surface area contributed by atoms with Crippen LogP contribution >= 0.6 is 15.9 Å². The van der Waals surface area contributed by atoms with E-state index in [2.05, 4.69) is 32.3 Å². The van der Waals surface area contributed by atoms with E-state index in [1.54, 1.807) is 12.1 Å². The van der Waals surface area contributed by atoms with E-state index >= 15 is 0 Å². The number of nitrogens with one attached hydrogen (secondary N) is 1. The van der Waals surface area contributed by atoms with Crippen LogP contribution in [0.1, 0.15) is 24.1 Å². The fraction of sp³-hybridized carbons (Fsp3) is 0.312. The zero-order chi connectivity index (χ0) is 14.7. The Morgan fingerprint density at radius 2 is 2.14 bits per heavy atom. The van der Waals surface area contributed by atoms with Gasteiger partial charge in [0.1, 0.15) is 18.2 Å². The number of pyridine rings is 1. The Morgan fingerprint density at radius 1 is 1.29 bits per heavy atom. The first kappa shape index (κ1) is 14.5. The molecule has 5 heteroatoms. The molecule has 0 unspecified atom stereocenters. The normalized spacial score (nSPS) is 14.2. The van der Waals surface area contributed by atoms with Gasteiger partial charge in [-0.15, -0.1) is 0 Å². The number of rotatable bonds is 6. The summed E-state index contributed by atoms with van der Waals surface area (Å²) in [7, 11) is 0. The molecule has 0 radical (unpaired) electrons. The summed E-state index contributed by atoms with van der Waals surface area (Å²) in [4.78, 5) is 4.38. The van der Waals surface area contributed by atoms with E-state index in [4.69, 9.17) is 4.74 Å². The lowest BCUT2D eigenvalue weighted by atomic mass is 10.2. The maximum atomic E-state index is 13.1. The van der Waals surface area contributed by atoms with Crippen LogP contribution < -0.4 is 10.1 Å². The van der Waals surface area contributed by atoms with Crippen LogP contribution in [0.5, 0.6) is 5.75 Å². The van der Waals surface area contributed by atoms with Crippen molar-refractivity contribution in [1.82, 2.24) is 10.3 Å². The van der Waals surface area contributed by atoms with E-state index in [-0.39, 0.29) is 5.82 Å². The van der Waals surface area contributed by atoms with Gasteiger partial charge < -0.3 is 10.1 Å². The molecule has 0 atom stereocenters. The van der Waals surface area contributed by atoms with Crippen molar-refractivity contribution < 1.29 is 9.13 Å². The third-order valence-corrected chi connectivity index (χ3v) is 3.94. The summed E-state index contributed by atoms with van der Waals surface area (Å²) in [5.41, 5.74) is 2.03. The lowest BCUT2D eigenvalue weighted by Crippen LogP contribution is -2.15. The van der Waals surface area contributed by atoms with Crippen LogP contribution in [-0.2, 0) is 13.2 Å². The molecule has 0 aliphatic heterocycles. The predicted molar refractivity (Wildman–Crippen MR) is 82.5 cm³/mol. The zero-order valence-electron chi connectivity index (χ0n) is 11.5. The van der Waals surface area contributed by atoms with Crippen LogP contribution in [0.25, 0.3) is 0 Å². The van der Waals surface area contributed by atoms with Crippen LogP contribution in [0.4, 0.5) is 4.39 Å². The number of ether oxygens (including phenoxy) is 1. The number of nitrogens with zero attached hydrogens (tertiary/aromatic N) is 1. The summed E-state index contributed by atoms with van der Waals surface area (Å²) in [6.07, 6.45) is 4.44. The first-order chi connectivity index (χ1) is 10.2. The average molecular weight is 351 g/mol. The van der Waals surface area contributed by atoms with Gasteiger partial charge in [-0.05, 0) is 58.6 Å². The van der Waals surface area contributed by atoms with E-state index in [0.717, 1.165) is 12.2 Å². The lowest BCUT2D eigenvalue weighted by molar-refractivity contribution is 0.300. The van der Waals surface area contributed by atoms with E-state index < -0.39 is 0 Å². The third-order valence-electron chi connectivity index (χ3n) is 3.34. The summed E-state index contributed by atoms with van der Waals surface area (Å²) in [6, 6.07) is 9.31. The average Bonchev–Trinajstić information content (AvgIpc) is 3.32. The van der Waals surface area contributed by atoms with Crippen molar-refractivity contribution in [2.45, 2.75) is 32.0 Å². The molecule has 0 bridgehead atoms. The Morgan fingerprint density at radius 3 is 2.81 bits per heavy atom. The SMILES string of the molecule is Fc1ccc(OCc2ccc(CNC3CC3)cn2)cc1Br. The number of hydrogen-bond acceptors (Lipinski definition) is 3. The molecule has 1 aromatic heterocycles. The van der Waals surface area contributed by atoms with Gasteiger partial charge in [0.05, 0.1) is 10.2 Å². The minimum Gasteiger partial charge on any atom is -0.487 e. The zero-order valence-corrected chi connectivity index (χ0v) is 13.1. The highest BCUT2D eigenvalue weighted by Crippen LogP contribution is 2.22. The van der Waals surface area contributed by atoms with Gasteiger partial charge in [0.15, 0.2) is 0 Å². The maximum Gasteiger partial charge on any atom is 0.137 e. The maximum absolute atomic E-state index is 13.1. The molecule has 0 amide bonds. The van der Waals surface area contributed by atoms with Crippen LogP contribution in [0.3, 0.4) is 0 Å². The van der Waals surface area contributed by atoms with Crippen LogP contribution in [-0.4, -0.2) is 11.0 Å². The molecule has 1 aliphatic rings. The second kappa shape index (κ2) is 6.54. The van der Waals surface area contributed by atoms with Gasteiger partial charge >= 0.3 is 0 Å². The van der Waals surface area contributed by atoms with Crippen molar-refractivity contribution in [2.75, 3.05) is 0 Å². The molecule has 3 rings (SSSR count). The molecule has 2 aromatic rings. The summed E-state index contributed by atoms with van der Waals surface area (Å²) >= 11 is 3.14. The Labute approximate surface area is 131 Å². The molecule has 1 aromatic carbocycles. The number of hydrogen-bond donors (Lipinski definition) is 1. The lowest BCUT2D eigenvalue weighted by Gasteiger charge is -2.07. The Balaban J connectivity index is 1.53. The number of aromatic nitrogens is 1. The van der Waals surface area contributed by atoms with Crippen molar-refractivity contribution in [1.29, 1.82) is 0 Å². The molecule has 0 saturated heterocycles. The second-order valence-electron chi connectivity index (χ2n) is 5.18. The highest BCUT2D eigenvalue weighted by molar-refractivity contribution is 9.10. The largest absolute Gasteiger partial charge is 0.487 e. The quantitative estimate of drug-likeness (QED) is 0.859. The van der Waals surface area contributed by atoms with Gasteiger partial charge in [-0.3, -0.25) is 4.98 Å². The van der Waals surface area contributed by atoms with Crippen molar-refractivity contribution in [2.24, 2.45) is 0 Å². The minimum absolute atomic E-state index is 0.298.